The van der Waals surface area contributed by atoms with Crippen molar-refractivity contribution in [3.05, 3.63) is 73.9 Å². The number of carbonyl (C=O) groups is 2. The van der Waals surface area contributed by atoms with Crippen LogP contribution in [0.15, 0.2) is 73.9 Å². The van der Waals surface area contributed by atoms with Gasteiger partial charge in [0.25, 0.3) is 0 Å². The molecule has 0 amide bonds. The third-order valence-electron chi connectivity index (χ3n) is 8.92. The molecule has 36 heavy (non-hydrogen) atoms. The minimum atomic E-state index is -0.991. The number of hydrogen-bond acceptors (Lipinski definition) is 4. The van der Waals surface area contributed by atoms with Gasteiger partial charge in [0.1, 0.15) is 13.2 Å². The Balaban J connectivity index is 1.83. The monoisotopic (exact) mass is 494 g/mol. The molecule has 0 N–H and O–H groups in total. The minimum absolute atomic E-state index is 0.0102. The number of allylic oxidation sites excluding steroid dienone is 4. The van der Waals surface area contributed by atoms with Crippen molar-refractivity contribution in [2.75, 3.05) is 13.2 Å². The van der Waals surface area contributed by atoms with Gasteiger partial charge in [-0.2, -0.15) is 0 Å². The lowest BCUT2D eigenvalue weighted by molar-refractivity contribution is -0.166. The summed E-state index contributed by atoms with van der Waals surface area (Å²) in [7, 11) is 0. The zero-order valence-corrected chi connectivity index (χ0v) is 23.0. The molecule has 0 bridgehead atoms. The van der Waals surface area contributed by atoms with Crippen molar-refractivity contribution in [2.45, 2.75) is 66.2 Å². The number of carbonyl (C=O) groups excluding carboxylic acids is 2. The quantitative estimate of drug-likeness (QED) is 0.179. The van der Waals surface area contributed by atoms with Gasteiger partial charge >= 0.3 is 11.9 Å². The molecule has 2 fully saturated rings. The first-order valence-corrected chi connectivity index (χ1v) is 13.0. The van der Waals surface area contributed by atoms with Crippen molar-refractivity contribution >= 4 is 11.9 Å². The summed E-state index contributed by atoms with van der Waals surface area (Å²) in [6, 6.07) is 0. The van der Waals surface area contributed by atoms with E-state index < -0.39 is 11.9 Å². The lowest BCUT2D eigenvalue weighted by atomic mass is 9.61. The first-order chi connectivity index (χ1) is 16.8. The van der Waals surface area contributed by atoms with E-state index in [-0.39, 0.29) is 35.9 Å². The smallest absolute Gasteiger partial charge is 0.417 e. The largest absolute Gasteiger partial charge is 0.453 e. The Morgan fingerprint density at radius 3 is 1.36 bits per heavy atom. The van der Waals surface area contributed by atoms with Crippen LogP contribution in [-0.2, 0) is 19.1 Å². The molecular weight excluding hydrogens is 448 g/mol. The van der Waals surface area contributed by atoms with Crippen molar-refractivity contribution in [1.29, 1.82) is 0 Å². The summed E-state index contributed by atoms with van der Waals surface area (Å²) < 4.78 is 10.5. The topological polar surface area (TPSA) is 52.6 Å². The highest BCUT2D eigenvalue weighted by molar-refractivity contribution is 6.29. The highest BCUT2D eigenvalue weighted by atomic mass is 16.6. The predicted molar refractivity (Wildman–Crippen MR) is 148 cm³/mol. The Labute approximate surface area is 218 Å². The summed E-state index contributed by atoms with van der Waals surface area (Å²) in [5.41, 5.74) is 3.90. The van der Waals surface area contributed by atoms with Gasteiger partial charge in [0.05, 0.1) is 0 Å². The van der Waals surface area contributed by atoms with Crippen LogP contribution in [0.25, 0.3) is 0 Å². The predicted octanol–water partition coefficient (Wildman–Crippen LogP) is 7.55. The second kappa shape index (κ2) is 12.1. The minimum Gasteiger partial charge on any atom is -0.453 e. The van der Waals surface area contributed by atoms with Crippen LogP contribution >= 0.6 is 0 Å². The molecule has 0 aromatic heterocycles. The van der Waals surface area contributed by atoms with E-state index in [0.29, 0.717) is 11.8 Å². The van der Waals surface area contributed by atoms with Crippen molar-refractivity contribution < 1.29 is 19.1 Å². The van der Waals surface area contributed by atoms with Gasteiger partial charge in [-0.15, -0.1) is 13.2 Å². The molecule has 4 nitrogen and oxygen atoms in total. The number of esters is 2. The van der Waals surface area contributed by atoms with Crippen LogP contribution in [0.4, 0.5) is 0 Å². The van der Waals surface area contributed by atoms with E-state index in [4.69, 9.17) is 9.47 Å². The Hall–Kier alpha value is -2.62. The molecule has 0 spiro atoms. The molecule has 0 saturated heterocycles. The molecule has 2 aliphatic carbocycles. The van der Waals surface area contributed by atoms with Gasteiger partial charge in [0, 0.05) is 0 Å². The first-order valence-electron chi connectivity index (χ1n) is 13.0. The van der Waals surface area contributed by atoms with Crippen molar-refractivity contribution in [2.24, 2.45) is 34.5 Å². The van der Waals surface area contributed by atoms with Gasteiger partial charge < -0.3 is 9.47 Å². The van der Waals surface area contributed by atoms with E-state index in [1.807, 2.05) is 26.0 Å². The molecule has 2 rings (SSSR count). The molecule has 0 aliphatic heterocycles. The van der Waals surface area contributed by atoms with Crippen LogP contribution < -0.4 is 0 Å². The molecule has 198 valence electrons. The van der Waals surface area contributed by atoms with Gasteiger partial charge in [-0.25, -0.2) is 9.59 Å². The van der Waals surface area contributed by atoms with E-state index in [9.17, 15) is 9.59 Å². The maximum atomic E-state index is 12.3. The van der Waals surface area contributed by atoms with E-state index in [1.165, 1.54) is 0 Å². The maximum Gasteiger partial charge on any atom is 0.417 e. The zero-order chi connectivity index (χ0) is 27.3. The normalized spacial score (nSPS) is 32.0. The number of ether oxygens (including phenoxy) is 2. The number of rotatable bonds is 10. The van der Waals surface area contributed by atoms with Crippen LogP contribution in [-0.4, -0.2) is 25.2 Å². The highest BCUT2D eigenvalue weighted by Crippen LogP contribution is 2.49. The summed E-state index contributed by atoms with van der Waals surface area (Å²) in [4.78, 5) is 24.6. The molecule has 0 heterocycles. The lowest BCUT2D eigenvalue weighted by Crippen LogP contribution is -2.35. The summed E-state index contributed by atoms with van der Waals surface area (Å²) in [5, 5.41) is 0. The average Bonchev–Trinajstić information content (AvgIpc) is 2.85. The molecule has 6 atom stereocenters. The standard InChI is InChI=1S/C32H46O4/c1-11-31(9)15-13-25(17-27(31)21(3)4)23(7)19-35-29(33)30(34)36-20-24(8)26-14-16-32(10,12-2)28(18-26)22(5)6/h11-12,25-28H,1-3,5,7-8,13-20H2,4,6,9-10H3/t25-,26-,27+,28+,31-,32-/m1/s1. The van der Waals surface area contributed by atoms with E-state index >= 15 is 0 Å². The fourth-order valence-electron chi connectivity index (χ4n) is 6.09. The average molecular weight is 495 g/mol. The van der Waals surface area contributed by atoms with Crippen LogP contribution in [0, 0.1) is 34.5 Å². The number of hydrogen-bond donors (Lipinski definition) is 0. The van der Waals surface area contributed by atoms with Gasteiger partial charge in [0.15, 0.2) is 0 Å². The van der Waals surface area contributed by atoms with E-state index in [0.717, 1.165) is 60.8 Å². The molecule has 0 aromatic rings. The highest BCUT2D eigenvalue weighted by Gasteiger charge is 2.40. The fourth-order valence-corrected chi connectivity index (χ4v) is 6.09. The first kappa shape index (κ1) is 29.6. The van der Waals surface area contributed by atoms with Crippen LogP contribution in [0.2, 0.25) is 0 Å². The molecule has 4 heteroatoms. The van der Waals surface area contributed by atoms with Crippen molar-refractivity contribution in [3.63, 3.8) is 0 Å². The van der Waals surface area contributed by atoms with Crippen molar-refractivity contribution in [3.8, 4) is 0 Å². The molecule has 0 unspecified atom stereocenters. The Morgan fingerprint density at radius 1 is 0.750 bits per heavy atom. The Bertz CT molecular complexity index is 864. The summed E-state index contributed by atoms with van der Waals surface area (Å²) >= 11 is 0. The van der Waals surface area contributed by atoms with Gasteiger partial charge in [0.2, 0.25) is 0 Å². The molecule has 2 saturated carbocycles. The third-order valence-corrected chi connectivity index (χ3v) is 8.92. The van der Waals surface area contributed by atoms with E-state index in [1.54, 1.807) is 0 Å². The third kappa shape index (κ3) is 6.78. The Kier molecular flexibility index (Phi) is 9.93. The lowest BCUT2D eigenvalue weighted by Gasteiger charge is -2.43. The second-order valence-corrected chi connectivity index (χ2v) is 11.6. The SMILES string of the molecule is C=C[C@]1(C)CC[C@@H](C(=C)COC(=O)C(=O)OCC(=C)[C@@H]2CC[C@@](C)(C=C)[C@H](C(=C)C)C2)C[C@H]1C(=C)C. The Morgan fingerprint density at radius 2 is 1.08 bits per heavy atom. The second-order valence-electron chi connectivity index (χ2n) is 11.6. The maximum absolute atomic E-state index is 12.3. The van der Waals surface area contributed by atoms with Crippen molar-refractivity contribution in [1.82, 2.24) is 0 Å². The molecule has 0 radical (unpaired) electrons. The van der Waals surface area contributed by atoms with Crippen LogP contribution in [0.1, 0.15) is 66.2 Å². The molecule has 2 aliphatic rings. The summed E-state index contributed by atoms with van der Waals surface area (Å²) in [6.45, 7) is 33.2. The van der Waals surface area contributed by atoms with E-state index in [2.05, 4.69) is 53.3 Å². The fraction of sp³-hybridized carbons (Fsp3) is 0.562. The van der Waals surface area contributed by atoms with Gasteiger partial charge in [-0.3, -0.25) is 0 Å². The zero-order valence-electron chi connectivity index (χ0n) is 23.0. The van der Waals surface area contributed by atoms with Crippen LogP contribution in [0.3, 0.4) is 0 Å². The molecule has 0 aromatic carbocycles. The summed E-state index contributed by atoms with van der Waals surface area (Å²) in [5.74, 6) is -0.976. The van der Waals surface area contributed by atoms with Gasteiger partial charge in [-0.1, -0.05) is 63.5 Å². The van der Waals surface area contributed by atoms with Gasteiger partial charge in [-0.05, 0) is 98.0 Å². The summed E-state index contributed by atoms with van der Waals surface area (Å²) in [6.07, 6.45) is 9.63. The molecular formula is C32H46O4. The van der Waals surface area contributed by atoms with Crippen LogP contribution in [0.5, 0.6) is 0 Å².